The highest BCUT2D eigenvalue weighted by molar-refractivity contribution is 6.22. The van der Waals surface area contributed by atoms with Crippen molar-refractivity contribution >= 4 is 17.7 Å². The minimum Gasteiger partial charge on any atom is -0.497 e. The first kappa shape index (κ1) is 20.3. The first-order chi connectivity index (χ1) is 15.1. The summed E-state index contributed by atoms with van der Waals surface area (Å²) in [5, 5.41) is 2.87. The molecule has 1 heterocycles. The monoisotopic (exact) mass is 414 g/mol. The number of benzene rings is 3. The van der Waals surface area contributed by atoms with Crippen molar-refractivity contribution in [2.24, 2.45) is 0 Å². The molecule has 4 rings (SSSR count). The molecule has 1 aliphatic rings. The van der Waals surface area contributed by atoms with E-state index in [2.05, 4.69) is 5.32 Å². The van der Waals surface area contributed by atoms with E-state index in [1.807, 2.05) is 54.6 Å². The van der Waals surface area contributed by atoms with Gasteiger partial charge in [-0.15, -0.1) is 0 Å². The molecule has 156 valence electrons. The number of rotatable bonds is 7. The number of nitrogens with one attached hydrogen (secondary N) is 1. The van der Waals surface area contributed by atoms with Gasteiger partial charge in [0.15, 0.2) is 0 Å². The van der Waals surface area contributed by atoms with E-state index < -0.39 is 17.9 Å². The van der Waals surface area contributed by atoms with E-state index in [0.29, 0.717) is 16.9 Å². The predicted octanol–water partition coefficient (Wildman–Crippen LogP) is 3.22. The molecule has 3 aromatic rings. The summed E-state index contributed by atoms with van der Waals surface area (Å²) in [7, 11) is 1.58. The number of carbonyl (C=O) groups excluding carboxylic acids is 3. The maximum Gasteiger partial charge on any atom is 0.262 e. The summed E-state index contributed by atoms with van der Waals surface area (Å²) >= 11 is 0. The van der Waals surface area contributed by atoms with E-state index in [-0.39, 0.29) is 18.9 Å². The van der Waals surface area contributed by atoms with Crippen molar-refractivity contribution in [1.82, 2.24) is 10.2 Å². The van der Waals surface area contributed by atoms with Crippen LogP contribution in [-0.2, 0) is 17.8 Å². The third kappa shape index (κ3) is 4.19. The number of amides is 3. The highest BCUT2D eigenvalue weighted by Crippen LogP contribution is 2.26. The molecule has 0 unspecified atom stereocenters. The van der Waals surface area contributed by atoms with Crippen molar-refractivity contribution in [3.8, 4) is 5.75 Å². The number of hydrogen-bond donors (Lipinski definition) is 1. The number of carbonyl (C=O) groups is 3. The van der Waals surface area contributed by atoms with Crippen molar-refractivity contribution in [2.75, 3.05) is 7.11 Å². The van der Waals surface area contributed by atoms with E-state index in [4.69, 9.17) is 4.74 Å². The van der Waals surface area contributed by atoms with E-state index in [1.54, 1.807) is 31.4 Å². The van der Waals surface area contributed by atoms with Crippen molar-refractivity contribution < 1.29 is 19.1 Å². The van der Waals surface area contributed by atoms with Gasteiger partial charge in [0, 0.05) is 13.0 Å². The van der Waals surface area contributed by atoms with Gasteiger partial charge in [-0.05, 0) is 35.4 Å². The van der Waals surface area contributed by atoms with E-state index >= 15 is 0 Å². The fraction of sp³-hybridized carbons (Fsp3) is 0.160. The van der Waals surface area contributed by atoms with Crippen molar-refractivity contribution in [2.45, 2.75) is 19.0 Å². The lowest BCUT2D eigenvalue weighted by Crippen LogP contribution is -2.50. The van der Waals surface area contributed by atoms with E-state index in [9.17, 15) is 14.4 Å². The van der Waals surface area contributed by atoms with Crippen LogP contribution in [-0.4, -0.2) is 35.8 Å². The highest BCUT2D eigenvalue weighted by Gasteiger charge is 2.42. The van der Waals surface area contributed by atoms with Crippen LogP contribution < -0.4 is 10.1 Å². The topological polar surface area (TPSA) is 75.7 Å². The Bertz CT molecular complexity index is 1090. The molecule has 6 nitrogen and oxygen atoms in total. The molecule has 0 spiro atoms. The summed E-state index contributed by atoms with van der Waals surface area (Å²) in [6, 6.07) is 22.4. The maximum atomic E-state index is 13.2. The lowest BCUT2D eigenvalue weighted by atomic mass is 10.0. The zero-order valence-corrected chi connectivity index (χ0v) is 17.1. The Balaban J connectivity index is 1.59. The van der Waals surface area contributed by atoms with Gasteiger partial charge in [-0.1, -0.05) is 54.6 Å². The molecule has 0 aliphatic carbocycles. The van der Waals surface area contributed by atoms with E-state index in [1.165, 1.54) is 0 Å². The molecule has 0 saturated carbocycles. The second-order valence-electron chi connectivity index (χ2n) is 7.30. The van der Waals surface area contributed by atoms with Gasteiger partial charge in [0.2, 0.25) is 5.91 Å². The second-order valence-corrected chi connectivity index (χ2v) is 7.30. The Kier molecular flexibility index (Phi) is 5.80. The summed E-state index contributed by atoms with van der Waals surface area (Å²) < 4.78 is 5.22. The summed E-state index contributed by atoms with van der Waals surface area (Å²) in [5.74, 6) is -0.592. The third-order valence-electron chi connectivity index (χ3n) is 5.31. The highest BCUT2D eigenvalue weighted by atomic mass is 16.5. The Labute approximate surface area is 180 Å². The SMILES string of the molecule is COc1cccc(CNC(=O)[C@H](Cc2ccccc2)N2C(=O)c3ccccc3C2=O)c1. The normalized spacial score (nSPS) is 13.6. The molecule has 0 saturated heterocycles. The van der Waals surface area contributed by atoms with Crippen LogP contribution in [0.15, 0.2) is 78.9 Å². The Hall–Kier alpha value is -3.93. The van der Waals surface area contributed by atoms with Crippen LogP contribution in [0.5, 0.6) is 5.75 Å². The average molecular weight is 414 g/mol. The Morgan fingerprint density at radius 3 is 2.13 bits per heavy atom. The van der Waals surface area contributed by atoms with Gasteiger partial charge >= 0.3 is 0 Å². The average Bonchev–Trinajstić information content (AvgIpc) is 3.07. The first-order valence-corrected chi connectivity index (χ1v) is 10.00. The lowest BCUT2D eigenvalue weighted by Gasteiger charge is -2.25. The molecule has 31 heavy (non-hydrogen) atoms. The minimum atomic E-state index is -0.958. The third-order valence-corrected chi connectivity index (χ3v) is 5.31. The molecular weight excluding hydrogens is 392 g/mol. The molecule has 3 amide bonds. The summed E-state index contributed by atoms with van der Waals surface area (Å²) in [5.41, 5.74) is 2.37. The number of imide groups is 1. The molecule has 1 aliphatic heterocycles. The number of hydrogen-bond acceptors (Lipinski definition) is 4. The number of nitrogens with zero attached hydrogens (tertiary/aromatic N) is 1. The summed E-state index contributed by atoms with van der Waals surface area (Å²) in [6.07, 6.45) is 0.232. The quantitative estimate of drug-likeness (QED) is 0.603. The van der Waals surface area contributed by atoms with Crippen molar-refractivity contribution in [1.29, 1.82) is 0 Å². The molecule has 0 aromatic heterocycles. The fourth-order valence-corrected chi connectivity index (χ4v) is 3.72. The van der Waals surface area contributed by atoms with Gasteiger partial charge in [-0.3, -0.25) is 19.3 Å². The van der Waals surface area contributed by atoms with Crippen LogP contribution in [0.3, 0.4) is 0 Å². The Morgan fingerprint density at radius 2 is 1.48 bits per heavy atom. The maximum absolute atomic E-state index is 13.2. The molecular formula is C25H22N2O4. The predicted molar refractivity (Wildman–Crippen MR) is 116 cm³/mol. The first-order valence-electron chi connectivity index (χ1n) is 10.00. The van der Waals surface area contributed by atoms with Gasteiger partial charge in [0.1, 0.15) is 11.8 Å². The zero-order chi connectivity index (χ0) is 21.8. The van der Waals surface area contributed by atoms with Crippen LogP contribution in [0.25, 0.3) is 0 Å². The largest absolute Gasteiger partial charge is 0.497 e. The second kappa shape index (κ2) is 8.83. The smallest absolute Gasteiger partial charge is 0.262 e. The van der Waals surface area contributed by atoms with Crippen LogP contribution in [0, 0.1) is 0 Å². The van der Waals surface area contributed by atoms with Crippen molar-refractivity contribution in [3.63, 3.8) is 0 Å². The molecule has 0 fully saturated rings. The summed E-state index contributed by atoms with van der Waals surface area (Å²) in [6.45, 7) is 0.254. The van der Waals surface area contributed by atoms with Crippen LogP contribution in [0.2, 0.25) is 0 Å². The number of methoxy groups -OCH3 is 1. The Morgan fingerprint density at radius 1 is 0.871 bits per heavy atom. The van der Waals surface area contributed by atoms with Crippen LogP contribution in [0.4, 0.5) is 0 Å². The number of ether oxygens (including phenoxy) is 1. The molecule has 3 aromatic carbocycles. The van der Waals surface area contributed by atoms with Gasteiger partial charge in [-0.2, -0.15) is 0 Å². The van der Waals surface area contributed by atoms with Crippen LogP contribution in [0.1, 0.15) is 31.8 Å². The standard InChI is InChI=1S/C25H22N2O4/c1-31-19-11-7-10-18(14-19)16-26-23(28)22(15-17-8-3-2-4-9-17)27-24(29)20-12-5-6-13-21(20)25(27)30/h2-14,22H,15-16H2,1H3,(H,26,28)/t22-/m0/s1. The van der Waals surface area contributed by atoms with Crippen molar-refractivity contribution in [3.05, 3.63) is 101 Å². The lowest BCUT2D eigenvalue weighted by molar-refractivity contribution is -0.125. The van der Waals surface area contributed by atoms with Gasteiger partial charge in [0.25, 0.3) is 11.8 Å². The molecule has 6 heteroatoms. The minimum absolute atomic E-state index is 0.232. The zero-order valence-electron chi connectivity index (χ0n) is 17.1. The van der Waals surface area contributed by atoms with Crippen LogP contribution >= 0.6 is 0 Å². The number of fused-ring (bicyclic) bond motifs is 1. The van der Waals surface area contributed by atoms with Gasteiger partial charge < -0.3 is 10.1 Å². The van der Waals surface area contributed by atoms with Gasteiger partial charge in [-0.25, -0.2) is 0 Å². The van der Waals surface area contributed by atoms with E-state index in [0.717, 1.165) is 16.0 Å². The molecule has 0 radical (unpaired) electrons. The van der Waals surface area contributed by atoms with Gasteiger partial charge in [0.05, 0.1) is 18.2 Å². The molecule has 1 atom stereocenters. The molecule has 1 N–H and O–H groups in total. The summed E-state index contributed by atoms with van der Waals surface area (Å²) in [4.78, 5) is 40.3. The molecule has 0 bridgehead atoms. The fourth-order valence-electron chi connectivity index (χ4n) is 3.72.